The van der Waals surface area contributed by atoms with Crippen LogP contribution >= 0.6 is 0 Å². The second kappa shape index (κ2) is 8.47. The number of rotatable bonds is 6. The summed E-state index contributed by atoms with van der Waals surface area (Å²) in [5.74, 6) is -0.565. The zero-order chi connectivity index (χ0) is 15.0. The highest BCUT2D eigenvalue weighted by atomic mass is 16.2. The number of hydrogen-bond acceptors (Lipinski definition) is 4. The number of carbonyl (C=O) groups is 3. The minimum Gasteiger partial charge on any atom is -0.345 e. The van der Waals surface area contributed by atoms with Crippen LogP contribution in [-0.4, -0.2) is 55.0 Å². The van der Waals surface area contributed by atoms with Gasteiger partial charge in [-0.3, -0.25) is 20.2 Å². The third-order valence-corrected chi connectivity index (χ3v) is 2.69. The van der Waals surface area contributed by atoms with Gasteiger partial charge in [0.15, 0.2) is 0 Å². The Bertz CT molecular complexity index is 333. The number of hydrogen-bond donors (Lipinski definition) is 3. The van der Waals surface area contributed by atoms with Gasteiger partial charge in [-0.1, -0.05) is 0 Å². The molecule has 19 heavy (non-hydrogen) atoms. The first-order valence-electron chi connectivity index (χ1n) is 6.43. The smallest absolute Gasteiger partial charge is 0.321 e. The average Bonchev–Trinajstić information content (AvgIpc) is 2.36. The summed E-state index contributed by atoms with van der Waals surface area (Å²) in [6.07, 6.45) is 0. The first-order valence-corrected chi connectivity index (χ1v) is 6.43. The van der Waals surface area contributed by atoms with Gasteiger partial charge < -0.3 is 10.2 Å². The third kappa shape index (κ3) is 6.19. The summed E-state index contributed by atoms with van der Waals surface area (Å²) in [5.41, 5.74) is 0. The number of carbonyl (C=O) groups excluding carboxylic acids is 3. The molecule has 0 spiro atoms. The highest BCUT2D eigenvalue weighted by Crippen LogP contribution is 1.94. The molecular formula is C12H24N4O3. The summed E-state index contributed by atoms with van der Waals surface area (Å²) in [7, 11) is 1.69. The SMILES string of the molecule is CCNC(=O)NC(=O)C(C)NC(C)C(=O)N(C)CC. The van der Waals surface area contributed by atoms with Crippen LogP contribution in [0.25, 0.3) is 0 Å². The van der Waals surface area contributed by atoms with Gasteiger partial charge in [0.2, 0.25) is 11.8 Å². The minimum absolute atomic E-state index is 0.0971. The van der Waals surface area contributed by atoms with Crippen LogP contribution < -0.4 is 16.0 Å². The van der Waals surface area contributed by atoms with Crippen molar-refractivity contribution in [1.29, 1.82) is 0 Å². The van der Waals surface area contributed by atoms with E-state index >= 15 is 0 Å². The normalized spacial score (nSPS) is 13.3. The van der Waals surface area contributed by atoms with Crippen LogP contribution in [0.2, 0.25) is 0 Å². The monoisotopic (exact) mass is 272 g/mol. The van der Waals surface area contributed by atoms with Gasteiger partial charge in [0, 0.05) is 20.1 Å². The van der Waals surface area contributed by atoms with Gasteiger partial charge in [0.25, 0.3) is 0 Å². The molecule has 2 unspecified atom stereocenters. The lowest BCUT2D eigenvalue weighted by Crippen LogP contribution is -2.53. The van der Waals surface area contributed by atoms with E-state index in [0.29, 0.717) is 13.1 Å². The van der Waals surface area contributed by atoms with Crippen molar-refractivity contribution in [3.8, 4) is 0 Å². The van der Waals surface area contributed by atoms with Crippen LogP contribution in [0.1, 0.15) is 27.7 Å². The summed E-state index contributed by atoms with van der Waals surface area (Å²) in [5, 5.41) is 7.51. The second-order valence-electron chi connectivity index (χ2n) is 4.31. The topological polar surface area (TPSA) is 90.5 Å². The van der Waals surface area contributed by atoms with Crippen molar-refractivity contribution in [3.63, 3.8) is 0 Å². The lowest BCUT2D eigenvalue weighted by molar-refractivity contribution is -0.132. The third-order valence-electron chi connectivity index (χ3n) is 2.69. The van der Waals surface area contributed by atoms with Crippen LogP contribution in [0.15, 0.2) is 0 Å². The van der Waals surface area contributed by atoms with Crippen molar-refractivity contribution >= 4 is 17.8 Å². The van der Waals surface area contributed by atoms with Crippen LogP contribution in [0.3, 0.4) is 0 Å². The molecule has 3 N–H and O–H groups in total. The van der Waals surface area contributed by atoms with E-state index < -0.39 is 24.0 Å². The van der Waals surface area contributed by atoms with E-state index in [1.54, 1.807) is 32.7 Å². The highest BCUT2D eigenvalue weighted by molar-refractivity contribution is 5.97. The molecule has 4 amide bonds. The zero-order valence-corrected chi connectivity index (χ0v) is 12.2. The van der Waals surface area contributed by atoms with Gasteiger partial charge in [-0.25, -0.2) is 4.79 Å². The number of nitrogens with zero attached hydrogens (tertiary/aromatic N) is 1. The zero-order valence-electron chi connectivity index (χ0n) is 12.2. The molecular weight excluding hydrogens is 248 g/mol. The molecule has 2 atom stereocenters. The van der Waals surface area contributed by atoms with Crippen molar-refractivity contribution in [2.45, 2.75) is 39.8 Å². The second-order valence-corrected chi connectivity index (χ2v) is 4.31. The number of urea groups is 1. The Balaban J connectivity index is 4.28. The van der Waals surface area contributed by atoms with Crippen molar-refractivity contribution < 1.29 is 14.4 Å². The maximum atomic E-state index is 11.8. The molecule has 0 radical (unpaired) electrons. The summed E-state index contributed by atoms with van der Waals surface area (Å²) < 4.78 is 0. The van der Waals surface area contributed by atoms with Gasteiger partial charge in [-0.05, 0) is 27.7 Å². The molecule has 0 heterocycles. The Morgan fingerprint density at radius 2 is 1.68 bits per heavy atom. The van der Waals surface area contributed by atoms with Gasteiger partial charge in [-0.2, -0.15) is 0 Å². The number of likely N-dealkylation sites (N-methyl/N-ethyl adjacent to an activating group) is 1. The summed E-state index contributed by atoms with van der Waals surface area (Å²) in [6, 6.07) is -1.66. The summed E-state index contributed by atoms with van der Waals surface area (Å²) in [6.45, 7) is 7.96. The fourth-order valence-corrected chi connectivity index (χ4v) is 1.43. The fraction of sp³-hybridized carbons (Fsp3) is 0.750. The van der Waals surface area contributed by atoms with Crippen LogP contribution in [-0.2, 0) is 9.59 Å². The Morgan fingerprint density at radius 3 is 2.16 bits per heavy atom. The molecule has 7 heteroatoms. The molecule has 0 aliphatic carbocycles. The fourth-order valence-electron chi connectivity index (χ4n) is 1.43. The lowest BCUT2D eigenvalue weighted by atomic mass is 10.2. The van der Waals surface area contributed by atoms with Crippen molar-refractivity contribution in [3.05, 3.63) is 0 Å². The Morgan fingerprint density at radius 1 is 1.11 bits per heavy atom. The van der Waals surface area contributed by atoms with Crippen LogP contribution in [0.5, 0.6) is 0 Å². The van der Waals surface area contributed by atoms with Gasteiger partial charge >= 0.3 is 6.03 Å². The van der Waals surface area contributed by atoms with E-state index in [9.17, 15) is 14.4 Å². The molecule has 0 aromatic carbocycles. The molecule has 0 rings (SSSR count). The number of amides is 4. The molecule has 7 nitrogen and oxygen atoms in total. The number of imide groups is 1. The molecule has 0 aliphatic heterocycles. The van der Waals surface area contributed by atoms with Crippen molar-refractivity contribution in [1.82, 2.24) is 20.9 Å². The Hall–Kier alpha value is -1.63. The highest BCUT2D eigenvalue weighted by Gasteiger charge is 2.22. The lowest BCUT2D eigenvalue weighted by Gasteiger charge is -2.23. The van der Waals surface area contributed by atoms with Crippen LogP contribution in [0, 0.1) is 0 Å². The molecule has 0 aromatic rings. The van der Waals surface area contributed by atoms with Crippen LogP contribution in [0.4, 0.5) is 4.79 Å². The van der Waals surface area contributed by atoms with E-state index in [-0.39, 0.29) is 5.91 Å². The van der Waals surface area contributed by atoms with Crippen molar-refractivity contribution in [2.24, 2.45) is 0 Å². The standard InChI is InChI=1S/C12H24N4O3/c1-6-13-12(19)15-10(17)8(3)14-9(4)11(18)16(5)7-2/h8-9,14H,6-7H2,1-5H3,(H2,13,15,17,19). The molecule has 110 valence electrons. The molecule has 0 saturated carbocycles. The molecule has 0 fully saturated rings. The van der Waals surface area contributed by atoms with Gasteiger partial charge in [0.05, 0.1) is 12.1 Å². The Labute approximate surface area is 114 Å². The van der Waals surface area contributed by atoms with E-state index in [1.165, 1.54) is 0 Å². The summed E-state index contributed by atoms with van der Waals surface area (Å²) in [4.78, 5) is 36.2. The van der Waals surface area contributed by atoms with Gasteiger partial charge in [0.1, 0.15) is 0 Å². The largest absolute Gasteiger partial charge is 0.345 e. The first kappa shape index (κ1) is 17.4. The molecule has 0 aliphatic rings. The van der Waals surface area contributed by atoms with E-state index in [1.807, 2.05) is 6.92 Å². The first-order chi connectivity index (χ1) is 8.83. The summed E-state index contributed by atoms with van der Waals surface area (Å²) >= 11 is 0. The Kier molecular flexibility index (Phi) is 7.74. The minimum atomic E-state index is -0.633. The molecule has 0 bridgehead atoms. The quantitative estimate of drug-likeness (QED) is 0.618. The van der Waals surface area contributed by atoms with E-state index in [4.69, 9.17) is 0 Å². The molecule has 0 aromatic heterocycles. The maximum absolute atomic E-state index is 11.8. The average molecular weight is 272 g/mol. The van der Waals surface area contributed by atoms with Crippen molar-refractivity contribution in [2.75, 3.05) is 20.1 Å². The molecule has 0 saturated heterocycles. The maximum Gasteiger partial charge on any atom is 0.321 e. The van der Waals surface area contributed by atoms with E-state index in [0.717, 1.165) is 0 Å². The van der Waals surface area contributed by atoms with Gasteiger partial charge in [-0.15, -0.1) is 0 Å². The predicted molar refractivity (Wildman–Crippen MR) is 72.6 cm³/mol. The number of nitrogens with one attached hydrogen (secondary N) is 3. The predicted octanol–water partition coefficient (Wildman–Crippen LogP) is -0.323. The van der Waals surface area contributed by atoms with E-state index in [2.05, 4.69) is 16.0 Å².